The normalized spacial score (nSPS) is 29.5. The van der Waals surface area contributed by atoms with Crippen LogP contribution >= 0.6 is 0 Å². The van der Waals surface area contributed by atoms with Gasteiger partial charge in [-0.15, -0.1) is 6.58 Å². The minimum Gasteiger partial charge on any atom is -0.317 e. The maximum Gasteiger partial charge on any atom is 0.338 e. The first-order valence-corrected chi connectivity index (χ1v) is 7.31. The Labute approximate surface area is 119 Å². The summed E-state index contributed by atoms with van der Waals surface area (Å²) in [6.45, 7) is 3.85. The van der Waals surface area contributed by atoms with E-state index in [-0.39, 0.29) is 11.7 Å². The monoisotopic (exact) mass is 271 g/mol. The van der Waals surface area contributed by atoms with Crippen LogP contribution in [-0.2, 0) is 0 Å². The number of amides is 2. The molecule has 106 valence electrons. The lowest BCUT2D eigenvalue weighted by Crippen LogP contribution is -2.58. The third-order valence-corrected chi connectivity index (χ3v) is 4.38. The van der Waals surface area contributed by atoms with Crippen molar-refractivity contribution in [3.8, 4) is 0 Å². The van der Waals surface area contributed by atoms with Crippen molar-refractivity contribution in [1.82, 2.24) is 10.7 Å². The summed E-state index contributed by atoms with van der Waals surface area (Å²) < 4.78 is 0. The van der Waals surface area contributed by atoms with Gasteiger partial charge < -0.3 is 5.32 Å². The predicted octanol–water partition coefficient (Wildman–Crippen LogP) is 3.18. The summed E-state index contributed by atoms with van der Waals surface area (Å²) in [6.07, 6.45) is 7.35. The number of para-hydroxylation sites is 1. The molecule has 2 aliphatic rings. The number of urea groups is 1. The maximum atomic E-state index is 12.3. The van der Waals surface area contributed by atoms with Gasteiger partial charge in [0.1, 0.15) is 5.66 Å². The molecule has 1 saturated heterocycles. The van der Waals surface area contributed by atoms with Crippen LogP contribution < -0.4 is 15.8 Å². The SMILES string of the molecule is C=CCC1CCCCC12NC(=O)N(c1ccccc1)N2. The molecule has 1 aliphatic heterocycles. The molecule has 2 N–H and O–H groups in total. The van der Waals surface area contributed by atoms with Crippen LogP contribution in [-0.4, -0.2) is 11.7 Å². The van der Waals surface area contributed by atoms with E-state index in [0.717, 1.165) is 31.4 Å². The number of carbonyl (C=O) groups excluding carboxylic acids is 1. The number of hydrogen-bond donors (Lipinski definition) is 2. The van der Waals surface area contributed by atoms with Gasteiger partial charge in [0.25, 0.3) is 0 Å². The van der Waals surface area contributed by atoms with Gasteiger partial charge in [-0.1, -0.05) is 30.7 Å². The molecule has 1 aromatic carbocycles. The second-order valence-corrected chi connectivity index (χ2v) is 5.65. The number of anilines is 1. The van der Waals surface area contributed by atoms with Crippen molar-refractivity contribution in [1.29, 1.82) is 0 Å². The topological polar surface area (TPSA) is 44.4 Å². The number of nitrogens with one attached hydrogen (secondary N) is 2. The molecule has 2 amide bonds. The van der Waals surface area contributed by atoms with E-state index in [2.05, 4.69) is 17.3 Å². The zero-order valence-corrected chi connectivity index (χ0v) is 11.6. The van der Waals surface area contributed by atoms with Crippen LogP contribution in [0.1, 0.15) is 32.1 Å². The molecule has 1 heterocycles. The molecule has 3 rings (SSSR count). The molecule has 0 bridgehead atoms. The summed E-state index contributed by atoms with van der Waals surface area (Å²) in [4.78, 5) is 12.3. The molecule has 1 saturated carbocycles. The minimum atomic E-state index is -0.306. The summed E-state index contributed by atoms with van der Waals surface area (Å²) >= 11 is 0. The minimum absolute atomic E-state index is 0.0628. The van der Waals surface area contributed by atoms with Gasteiger partial charge in [-0.2, -0.15) is 0 Å². The molecule has 20 heavy (non-hydrogen) atoms. The van der Waals surface area contributed by atoms with Gasteiger partial charge in [-0.25, -0.2) is 15.2 Å². The molecular weight excluding hydrogens is 250 g/mol. The van der Waals surface area contributed by atoms with Gasteiger partial charge in [-0.05, 0) is 37.8 Å². The Balaban J connectivity index is 1.85. The maximum absolute atomic E-state index is 12.3. The van der Waals surface area contributed by atoms with E-state index in [0.29, 0.717) is 5.92 Å². The van der Waals surface area contributed by atoms with E-state index in [1.807, 2.05) is 36.4 Å². The van der Waals surface area contributed by atoms with E-state index < -0.39 is 0 Å². The van der Waals surface area contributed by atoms with Crippen molar-refractivity contribution in [2.45, 2.75) is 37.8 Å². The van der Waals surface area contributed by atoms with Crippen LogP contribution in [0.5, 0.6) is 0 Å². The number of benzene rings is 1. The second kappa shape index (κ2) is 5.29. The molecule has 2 fully saturated rings. The first-order chi connectivity index (χ1) is 9.75. The highest BCUT2D eigenvalue weighted by Crippen LogP contribution is 2.37. The van der Waals surface area contributed by atoms with Gasteiger partial charge in [0, 0.05) is 5.92 Å². The lowest BCUT2D eigenvalue weighted by atomic mass is 9.77. The molecule has 1 aromatic rings. The van der Waals surface area contributed by atoms with E-state index in [1.54, 1.807) is 5.01 Å². The first-order valence-electron chi connectivity index (χ1n) is 7.31. The average Bonchev–Trinajstić information content (AvgIpc) is 2.80. The number of carbonyl (C=O) groups is 1. The van der Waals surface area contributed by atoms with Crippen molar-refractivity contribution in [2.24, 2.45) is 5.92 Å². The summed E-state index contributed by atoms with van der Waals surface area (Å²) in [5, 5.41) is 4.82. The van der Waals surface area contributed by atoms with Crippen LogP contribution in [0.2, 0.25) is 0 Å². The third-order valence-electron chi connectivity index (χ3n) is 4.38. The molecule has 2 unspecified atom stereocenters. The van der Waals surface area contributed by atoms with Gasteiger partial charge in [0.2, 0.25) is 0 Å². The fourth-order valence-electron chi connectivity index (χ4n) is 3.36. The van der Waals surface area contributed by atoms with E-state index in [1.165, 1.54) is 6.42 Å². The molecule has 0 aromatic heterocycles. The highest BCUT2D eigenvalue weighted by molar-refractivity contribution is 5.93. The van der Waals surface area contributed by atoms with E-state index in [9.17, 15) is 4.79 Å². The van der Waals surface area contributed by atoms with Crippen LogP contribution in [0.15, 0.2) is 43.0 Å². The molecule has 1 aliphatic carbocycles. The Kier molecular flexibility index (Phi) is 3.49. The molecular formula is C16H21N3O. The van der Waals surface area contributed by atoms with Crippen LogP contribution in [0, 0.1) is 5.92 Å². The van der Waals surface area contributed by atoms with Crippen molar-refractivity contribution in [3.63, 3.8) is 0 Å². The van der Waals surface area contributed by atoms with Gasteiger partial charge in [-0.3, -0.25) is 0 Å². The van der Waals surface area contributed by atoms with Crippen LogP contribution in [0.25, 0.3) is 0 Å². The van der Waals surface area contributed by atoms with Crippen LogP contribution in [0.3, 0.4) is 0 Å². The zero-order chi connectivity index (χ0) is 14.0. The quantitative estimate of drug-likeness (QED) is 0.829. The Morgan fingerprint density at radius 3 is 2.90 bits per heavy atom. The molecule has 1 spiro atoms. The third kappa shape index (κ3) is 2.20. The fourth-order valence-corrected chi connectivity index (χ4v) is 3.36. The molecule has 4 heteroatoms. The van der Waals surface area contributed by atoms with Crippen molar-refractivity contribution in [3.05, 3.63) is 43.0 Å². The van der Waals surface area contributed by atoms with Gasteiger partial charge >= 0.3 is 6.03 Å². The van der Waals surface area contributed by atoms with Gasteiger partial charge in [0.15, 0.2) is 0 Å². The van der Waals surface area contributed by atoms with Crippen molar-refractivity contribution in [2.75, 3.05) is 5.01 Å². The number of hydrazine groups is 1. The predicted molar refractivity (Wildman–Crippen MR) is 80.1 cm³/mol. The number of nitrogens with zero attached hydrogens (tertiary/aromatic N) is 1. The standard InChI is InChI=1S/C16H21N3O/c1-2-8-13-9-6-7-12-16(13)17-15(20)19(18-16)14-10-4-3-5-11-14/h2-5,10-11,13,18H,1,6-9,12H2,(H,17,20). The average molecular weight is 271 g/mol. The molecule has 2 atom stereocenters. The lowest BCUT2D eigenvalue weighted by molar-refractivity contribution is 0.141. The highest BCUT2D eigenvalue weighted by Gasteiger charge is 2.48. The fraction of sp³-hybridized carbons (Fsp3) is 0.438. The summed E-state index contributed by atoms with van der Waals surface area (Å²) in [7, 11) is 0. The number of hydrogen-bond acceptors (Lipinski definition) is 2. The van der Waals surface area contributed by atoms with E-state index >= 15 is 0 Å². The van der Waals surface area contributed by atoms with E-state index in [4.69, 9.17) is 0 Å². The highest BCUT2D eigenvalue weighted by atomic mass is 16.2. The number of rotatable bonds is 3. The number of allylic oxidation sites excluding steroid dienone is 1. The molecule has 4 nitrogen and oxygen atoms in total. The smallest absolute Gasteiger partial charge is 0.317 e. The Bertz CT molecular complexity index is 502. The van der Waals surface area contributed by atoms with Crippen molar-refractivity contribution < 1.29 is 4.79 Å². The second-order valence-electron chi connectivity index (χ2n) is 5.65. The summed E-state index contributed by atoms with van der Waals surface area (Å²) in [5.74, 6) is 0.409. The lowest BCUT2D eigenvalue weighted by Gasteiger charge is -2.40. The van der Waals surface area contributed by atoms with Crippen molar-refractivity contribution >= 4 is 11.7 Å². The molecule has 0 radical (unpaired) electrons. The summed E-state index contributed by atoms with van der Waals surface area (Å²) in [5.41, 5.74) is 4.01. The van der Waals surface area contributed by atoms with Crippen LogP contribution in [0.4, 0.5) is 10.5 Å². The Hall–Kier alpha value is -1.81. The zero-order valence-electron chi connectivity index (χ0n) is 11.6. The summed E-state index contributed by atoms with van der Waals surface area (Å²) in [6, 6.07) is 9.66. The van der Waals surface area contributed by atoms with Gasteiger partial charge in [0.05, 0.1) is 5.69 Å². The first kappa shape index (κ1) is 13.2. The Morgan fingerprint density at radius 2 is 2.15 bits per heavy atom. The largest absolute Gasteiger partial charge is 0.338 e. The Morgan fingerprint density at radius 1 is 1.35 bits per heavy atom.